The molecule has 216 valence electrons. The van der Waals surface area contributed by atoms with Gasteiger partial charge in [0.1, 0.15) is 5.69 Å². The van der Waals surface area contributed by atoms with Crippen LogP contribution in [0.25, 0.3) is 10.9 Å². The van der Waals surface area contributed by atoms with Gasteiger partial charge in [0, 0.05) is 41.6 Å². The molecule has 0 spiro atoms. The molecule has 0 radical (unpaired) electrons. The number of nitro benzene ring substituents is 2. The number of anilines is 1. The number of hydrogen-bond donors (Lipinski definition) is 0. The second-order valence-electron chi connectivity index (χ2n) is 10.5. The summed E-state index contributed by atoms with van der Waals surface area (Å²) in [6, 6.07) is 24.7. The highest BCUT2D eigenvalue weighted by atomic mass is 16.6. The zero-order chi connectivity index (χ0) is 30.7. The van der Waals surface area contributed by atoms with Gasteiger partial charge in [0.2, 0.25) is 5.91 Å². The van der Waals surface area contributed by atoms with Crippen LogP contribution < -0.4 is 9.64 Å². The zero-order valence-corrected chi connectivity index (χ0v) is 22.7. The summed E-state index contributed by atoms with van der Waals surface area (Å²) in [7, 11) is 0. The Morgan fingerprint density at radius 2 is 1.36 bits per heavy atom. The number of Topliss-reactive ketones (excluding diaryl/α,β-unsaturated/α-hetero) is 1. The van der Waals surface area contributed by atoms with Gasteiger partial charge in [-0.3, -0.25) is 39.3 Å². The number of non-ortho nitro benzene ring substituents is 2. The first-order valence-electron chi connectivity index (χ1n) is 13.5. The SMILES string of the molecule is O=C1Oc2c(n(C(=O)Cc3ccc([N+](=O)[O-])cc3)c3ccccc23)C2(Cc3ccc([N+](=O)[O-])cc3)C(=O)c3ccccc3N12. The van der Waals surface area contributed by atoms with E-state index in [2.05, 4.69) is 0 Å². The van der Waals surface area contributed by atoms with E-state index in [-0.39, 0.29) is 41.2 Å². The molecule has 44 heavy (non-hydrogen) atoms. The Morgan fingerprint density at radius 1 is 0.773 bits per heavy atom. The lowest BCUT2D eigenvalue weighted by atomic mass is 9.81. The zero-order valence-electron chi connectivity index (χ0n) is 22.7. The number of rotatable bonds is 6. The molecule has 2 aliphatic rings. The lowest BCUT2D eigenvalue weighted by molar-refractivity contribution is -0.385. The fourth-order valence-corrected chi connectivity index (χ4v) is 6.20. The van der Waals surface area contributed by atoms with Crippen molar-refractivity contribution in [1.82, 2.24) is 4.57 Å². The number of carbonyl (C=O) groups excluding carboxylic acids is 3. The molecule has 0 N–H and O–H groups in total. The first-order valence-corrected chi connectivity index (χ1v) is 13.5. The van der Waals surface area contributed by atoms with Crippen molar-refractivity contribution in [3.8, 4) is 5.75 Å². The average Bonchev–Trinajstić information content (AvgIpc) is 3.48. The van der Waals surface area contributed by atoms with Crippen molar-refractivity contribution in [2.24, 2.45) is 0 Å². The molecule has 7 rings (SSSR count). The topological polar surface area (TPSA) is 155 Å². The maximum atomic E-state index is 14.6. The van der Waals surface area contributed by atoms with E-state index in [0.29, 0.717) is 27.7 Å². The Bertz CT molecular complexity index is 2070. The first-order chi connectivity index (χ1) is 21.2. The molecule has 0 saturated carbocycles. The lowest BCUT2D eigenvalue weighted by Gasteiger charge is -2.40. The predicted octanol–water partition coefficient (Wildman–Crippen LogP) is 5.99. The van der Waals surface area contributed by atoms with Crippen molar-refractivity contribution in [1.29, 1.82) is 0 Å². The lowest BCUT2D eigenvalue weighted by Crippen LogP contribution is -2.57. The van der Waals surface area contributed by atoms with Crippen molar-refractivity contribution >= 4 is 45.7 Å². The van der Waals surface area contributed by atoms with Crippen molar-refractivity contribution in [3.05, 3.63) is 140 Å². The van der Waals surface area contributed by atoms with Crippen LogP contribution in [0.5, 0.6) is 5.75 Å². The second-order valence-corrected chi connectivity index (χ2v) is 10.5. The normalized spacial score (nSPS) is 16.7. The number of benzene rings is 4. The highest BCUT2D eigenvalue weighted by molar-refractivity contribution is 6.22. The van der Waals surface area contributed by atoms with E-state index in [4.69, 9.17) is 4.74 Å². The Kier molecular flexibility index (Phi) is 5.89. The molecule has 5 aromatic rings. The standard InChI is InChI=1S/C32H20N4O8/c37-27(17-19-9-13-21(14-10-19)35(40)41)33-25-7-3-1-5-23(25)28-29(33)32(18-20-11-15-22(16-12-20)36(42)43)30(38)24-6-2-4-8-26(24)34(32)31(39)44-28/h1-16H,17-18H2. The first kappa shape index (κ1) is 26.7. The van der Waals surface area contributed by atoms with Gasteiger partial charge in [-0.1, -0.05) is 48.5 Å². The largest absolute Gasteiger partial charge is 0.421 e. The Morgan fingerprint density at radius 3 is 2.02 bits per heavy atom. The highest BCUT2D eigenvalue weighted by Crippen LogP contribution is 2.54. The highest BCUT2D eigenvalue weighted by Gasteiger charge is 2.62. The van der Waals surface area contributed by atoms with Gasteiger partial charge in [0.05, 0.1) is 27.5 Å². The summed E-state index contributed by atoms with van der Waals surface area (Å²) < 4.78 is 7.29. The summed E-state index contributed by atoms with van der Waals surface area (Å²) in [5.74, 6) is -0.820. The van der Waals surface area contributed by atoms with Crippen LogP contribution in [-0.2, 0) is 18.4 Å². The predicted molar refractivity (Wildman–Crippen MR) is 157 cm³/mol. The summed E-state index contributed by atoms with van der Waals surface area (Å²) in [6.45, 7) is 0. The maximum Gasteiger partial charge on any atom is 0.421 e. The molecular weight excluding hydrogens is 568 g/mol. The summed E-state index contributed by atoms with van der Waals surface area (Å²) in [4.78, 5) is 65.3. The van der Waals surface area contributed by atoms with Gasteiger partial charge in [0.15, 0.2) is 17.1 Å². The summed E-state index contributed by atoms with van der Waals surface area (Å²) in [5, 5.41) is 22.9. The Hall–Kier alpha value is -6.17. The van der Waals surface area contributed by atoms with E-state index in [0.717, 1.165) is 0 Å². The molecule has 3 heterocycles. The van der Waals surface area contributed by atoms with Gasteiger partial charge in [0.25, 0.3) is 11.4 Å². The number of ketones is 1. The molecular formula is C32H20N4O8. The molecule has 2 aliphatic heterocycles. The van der Waals surface area contributed by atoms with Gasteiger partial charge in [-0.05, 0) is 35.4 Å². The molecule has 0 aliphatic carbocycles. The summed E-state index contributed by atoms with van der Waals surface area (Å²) >= 11 is 0. The van der Waals surface area contributed by atoms with Crippen molar-refractivity contribution < 1.29 is 29.0 Å². The van der Waals surface area contributed by atoms with E-state index in [9.17, 15) is 34.6 Å². The number of nitrogens with zero attached hydrogens (tertiary/aromatic N) is 4. The number of para-hydroxylation sites is 2. The molecule has 4 aromatic carbocycles. The third-order valence-electron chi connectivity index (χ3n) is 8.10. The molecule has 1 amide bonds. The van der Waals surface area contributed by atoms with Crippen LogP contribution in [0.15, 0.2) is 97.1 Å². The van der Waals surface area contributed by atoms with Crippen LogP contribution in [0.2, 0.25) is 0 Å². The maximum absolute atomic E-state index is 14.6. The molecule has 1 aromatic heterocycles. The number of ether oxygens (including phenoxy) is 1. The molecule has 1 unspecified atom stereocenters. The van der Waals surface area contributed by atoms with Crippen LogP contribution in [0.4, 0.5) is 21.9 Å². The average molecular weight is 589 g/mol. The van der Waals surface area contributed by atoms with Crippen molar-refractivity contribution in [2.75, 3.05) is 4.90 Å². The fraction of sp³-hybridized carbons (Fsp3) is 0.0938. The van der Waals surface area contributed by atoms with Gasteiger partial charge >= 0.3 is 6.09 Å². The van der Waals surface area contributed by atoms with E-state index in [1.54, 1.807) is 48.5 Å². The van der Waals surface area contributed by atoms with Crippen LogP contribution in [0.1, 0.15) is 32.0 Å². The number of fused-ring (bicyclic) bond motifs is 7. The van der Waals surface area contributed by atoms with Gasteiger partial charge < -0.3 is 4.74 Å². The van der Waals surface area contributed by atoms with E-state index < -0.39 is 33.2 Å². The van der Waals surface area contributed by atoms with Crippen LogP contribution in [0.3, 0.4) is 0 Å². The second kappa shape index (κ2) is 9.70. The number of nitro groups is 2. The third-order valence-corrected chi connectivity index (χ3v) is 8.10. The molecule has 0 saturated heterocycles. The van der Waals surface area contributed by atoms with Crippen LogP contribution in [-0.4, -0.2) is 32.2 Å². The monoisotopic (exact) mass is 588 g/mol. The number of hydrogen-bond acceptors (Lipinski definition) is 8. The van der Waals surface area contributed by atoms with Crippen LogP contribution >= 0.6 is 0 Å². The summed E-state index contributed by atoms with van der Waals surface area (Å²) in [6.07, 6.45) is -1.09. The van der Waals surface area contributed by atoms with E-state index >= 15 is 0 Å². The minimum absolute atomic E-state index is 0.0713. The Labute approximate surface area is 248 Å². The number of carbonyl (C=O) groups is 3. The third kappa shape index (κ3) is 3.81. The van der Waals surface area contributed by atoms with Gasteiger partial charge in [-0.2, -0.15) is 0 Å². The van der Waals surface area contributed by atoms with E-state index in [1.807, 2.05) is 0 Å². The van der Waals surface area contributed by atoms with Crippen LogP contribution in [0, 0.1) is 20.2 Å². The minimum Gasteiger partial charge on any atom is -0.407 e. The smallest absolute Gasteiger partial charge is 0.407 e. The molecule has 0 fully saturated rings. The van der Waals surface area contributed by atoms with Gasteiger partial charge in [-0.15, -0.1) is 0 Å². The van der Waals surface area contributed by atoms with Crippen molar-refractivity contribution in [2.45, 2.75) is 18.4 Å². The van der Waals surface area contributed by atoms with E-state index in [1.165, 1.54) is 58.0 Å². The van der Waals surface area contributed by atoms with Gasteiger partial charge in [-0.25, -0.2) is 4.79 Å². The molecule has 12 nitrogen and oxygen atoms in total. The number of amides is 1. The fourth-order valence-electron chi connectivity index (χ4n) is 6.20. The number of aromatic nitrogens is 1. The molecule has 1 atom stereocenters. The Balaban J connectivity index is 1.47. The molecule has 12 heteroatoms. The summed E-state index contributed by atoms with van der Waals surface area (Å²) in [5.41, 5.74) is 0.131. The minimum atomic E-state index is -1.77. The molecule has 0 bridgehead atoms. The van der Waals surface area contributed by atoms with Crippen molar-refractivity contribution in [3.63, 3.8) is 0 Å². The quantitative estimate of drug-likeness (QED) is 0.173.